The number of anilines is 2. The molecule has 0 bridgehead atoms. The van der Waals surface area contributed by atoms with Gasteiger partial charge in [0.25, 0.3) is 5.56 Å². The molecule has 1 atom stereocenters. The van der Waals surface area contributed by atoms with E-state index >= 15 is 0 Å². The van der Waals surface area contributed by atoms with Crippen LogP contribution in [0.1, 0.15) is 24.5 Å². The Morgan fingerprint density at radius 3 is 2.28 bits per heavy atom. The van der Waals surface area contributed by atoms with Gasteiger partial charge in [0, 0.05) is 0 Å². The third-order valence-electron chi connectivity index (χ3n) is 4.96. The molecule has 0 saturated carbocycles. The number of hydrogen-bond donors (Lipinski definition) is 2. The molecule has 2 N–H and O–H groups in total. The highest BCUT2D eigenvalue weighted by molar-refractivity contribution is 8.00. The Hall–Kier alpha value is -3.06. The summed E-state index contributed by atoms with van der Waals surface area (Å²) in [7, 11) is 0. The van der Waals surface area contributed by atoms with E-state index in [2.05, 4.69) is 22.1 Å². The maximum absolute atomic E-state index is 13.7. The van der Waals surface area contributed by atoms with Crippen molar-refractivity contribution in [2.24, 2.45) is 0 Å². The minimum absolute atomic E-state index is 0.0784. The number of amides is 1. The zero-order valence-corrected chi connectivity index (χ0v) is 16.8. The number of nitrogens with one attached hydrogen (secondary N) is 1. The van der Waals surface area contributed by atoms with Crippen LogP contribution < -0.4 is 10.5 Å². The number of para-hydroxylation sites is 2. The van der Waals surface area contributed by atoms with E-state index in [0.29, 0.717) is 6.42 Å². The number of nitrogens with zero attached hydrogens (tertiary/aromatic N) is 2. The molecule has 2 aromatic carbocycles. The number of rotatable bonds is 4. The molecule has 0 radical (unpaired) electrons. The van der Waals surface area contributed by atoms with Gasteiger partial charge >= 0.3 is 0 Å². The summed E-state index contributed by atoms with van der Waals surface area (Å²) >= 11 is 1.16. The molecule has 1 aliphatic heterocycles. The van der Waals surface area contributed by atoms with Crippen LogP contribution in [0.2, 0.25) is 0 Å². The van der Waals surface area contributed by atoms with Gasteiger partial charge in [-0.3, -0.25) is 14.5 Å². The lowest BCUT2D eigenvalue weighted by Crippen LogP contribution is -2.35. The number of H-pyrrole nitrogens is 1. The summed E-state index contributed by atoms with van der Waals surface area (Å²) in [4.78, 5) is 33.7. The lowest BCUT2D eigenvalue weighted by atomic mass is 10.0. The van der Waals surface area contributed by atoms with Gasteiger partial charge in [-0.2, -0.15) is 4.98 Å². The minimum Gasteiger partial charge on any atom is -0.493 e. The predicted octanol–water partition coefficient (Wildman–Crippen LogP) is 3.81. The Morgan fingerprint density at radius 2 is 1.72 bits per heavy atom. The SMILES string of the molecule is CCC(Sc1nc(O)cc(=O)[nH]1)C(=O)N1c2ccccc2CCc2ccccc21. The largest absolute Gasteiger partial charge is 0.493 e. The molecular weight excluding hydrogens is 386 g/mol. The highest BCUT2D eigenvalue weighted by Gasteiger charge is 2.31. The van der Waals surface area contributed by atoms with Crippen molar-refractivity contribution >= 4 is 29.0 Å². The normalized spacial score (nSPS) is 13.9. The Balaban J connectivity index is 1.75. The highest BCUT2D eigenvalue weighted by Crippen LogP contribution is 2.38. The van der Waals surface area contributed by atoms with Crippen LogP contribution in [0.5, 0.6) is 5.88 Å². The highest BCUT2D eigenvalue weighted by atomic mass is 32.2. The van der Waals surface area contributed by atoms with Crippen molar-refractivity contribution in [1.82, 2.24) is 9.97 Å². The third kappa shape index (κ3) is 3.91. The van der Waals surface area contributed by atoms with Crippen molar-refractivity contribution in [2.75, 3.05) is 4.90 Å². The molecule has 0 aliphatic carbocycles. The van der Waals surface area contributed by atoms with Gasteiger partial charge in [0.15, 0.2) is 5.16 Å². The number of carbonyl (C=O) groups is 1. The first-order valence-electron chi connectivity index (χ1n) is 9.53. The molecule has 7 heteroatoms. The van der Waals surface area contributed by atoms with Gasteiger partial charge in [-0.15, -0.1) is 0 Å². The first-order valence-corrected chi connectivity index (χ1v) is 10.4. The number of aryl methyl sites for hydroxylation is 2. The summed E-state index contributed by atoms with van der Waals surface area (Å²) in [5.41, 5.74) is 3.58. The Labute approximate surface area is 172 Å². The number of fused-ring (bicyclic) bond motifs is 2. The van der Waals surface area contributed by atoms with Crippen LogP contribution in [0.4, 0.5) is 11.4 Å². The van der Waals surface area contributed by atoms with E-state index in [4.69, 9.17) is 0 Å². The van der Waals surface area contributed by atoms with Crippen LogP contribution in [0.25, 0.3) is 0 Å². The fraction of sp³-hybridized carbons (Fsp3) is 0.227. The molecule has 1 aromatic heterocycles. The maximum Gasteiger partial charge on any atom is 0.255 e. The Kier molecular flexibility index (Phi) is 5.40. The molecule has 2 heterocycles. The maximum atomic E-state index is 13.7. The van der Waals surface area contributed by atoms with Crippen LogP contribution >= 0.6 is 11.8 Å². The van der Waals surface area contributed by atoms with E-state index in [1.807, 2.05) is 43.3 Å². The second kappa shape index (κ2) is 8.13. The lowest BCUT2D eigenvalue weighted by Gasteiger charge is -2.28. The van der Waals surface area contributed by atoms with Crippen LogP contribution in [0.15, 0.2) is 64.5 Å². The van der Waals surface area contributed by atoms with Crippen molar-refractivity contribution in [3.8, 4) is 5.88 Å². The zero-order valence-electron chi connectivity index (χ0n) is 16.0. The molecule has 3 aromatic rings. The van der Waals surface area contributed by atoms with E-state index in [-0.39, 0.29) is 16.9 Å². The fourth-order valence-corrected chi connectivity index (χ4v) is 4.53. The standard InChI is InChI=1S/C22H21N3O3S/c1-2-18(29-22-23-19(26)13-20(27)24-22)21(28)25-16-9-5-3-7-14(16)11-12-15-8-4-6-10-17(15)25/h3-10,13,18H,2,11-12H2,1H3,(H2,23,24,26,27). The van der Waals surface area contributed by atoms with Gasteiger partial charge in [0.1, 0.15) is 0 Å². The number of hydrogen-bond acceptors (Lipinski definition) is 5. The number of aromatic nitrogens is 2. The van der Waals surface area contributed by atoms with E-state index in [1.165, 1.54) is 0 Å². The van der Waals surface area contributed by atoms with E-state index in [9.17, 15) is 14.7 Å². The molecule has 0 spiro atoms. The second-order valence-corrected chi connectivity index (χ2v) is 8.05. The summed E-state index contributed by atoms with van der Waals surface area (Å²) in [6, 6.07) is 16.9. The van der Waals surface area contributed by atoms with E-state index in [0.717, 1.165) is 53.2 Å². The van der Waals surface area contributed by atoms with Gasteiger partial charge in [-0.25, -0.2) is 0 Å². The number of thioether (sulfide) groups is 1. The second-order valence-electron chi connectivity index (χ2n) is 6.85. The number of aromatic amines is 1. The summed E-state index contributed by atoms with van der Waals surface area (Å²) in [5, 5.41) is 9.38. The summed E-state index contributed by atoms with van der Waals surface area (Å²) < 4.78 is 0. The van der Waals surface area contributed by atoms with E-state index < -0.39 is 10.8 Å². The van der Waals surface area contributed by atoms with Gasteiger partial charge < -0.3 is 10.1 Å². The smallest absolute Gasteiger partial charge is 0.255 e. The minimum atomic E-state index is -0.473. The molecular formula is C22H21N3O3S. The summed E-state index contributed by atoms with van der Waals surface area (Å²) in [6.45, 7) is 1.92. The number of aromatic hydroxyl groups is 1. The fourth-order valence-electron chi connectivity index (χ4n) is 3.58. The van der Waals surface area contributed by atoms with Crippen molar-refractivity contribution in [1.29, 1.82) is 0 Å². The first-order chi connectivity index (χ1) is 14.1. The third-order valence-corrected chi connectivity index (χ3v) is 6.19. The molecule has 0 fully saturated rings. The Bertz CT molecular complexity index is 1060. The Morgan fingerprint density at radius 1 is 1.14 bits per heavy atom. The molecule has 148 valence electrons. The van der Waals surface area contributed by atoms with Crippen molar-refractivity contribution in [3.63, 3.8) is 0 Å². The number of benzene rings is 2. The van der Waals surface area contributed by atoms with E-state index in [1.54, 1.807) is 4.90 Å². The molecule has 6 nitrogen and oxygen atoms in total. The van der Waals surface area contributed by atoms with Gasteiger partial charge in [-0.05, 0) is 42.5 Å². The van der Waals surface area contributed by atoms with Crippen LogP contribution in [0.3, 0.4) is 0 Å². The molecule has 1 aliphatic rings. The monoisotopic (exact) mass is 407 g/mol. The zero-order chi connectivity index (χ0) is 20.4. The predicted molar refractivity (Wildman–Crippen MR) is 114 cm³/mol. The molecule has 0 saturated heterocycles. The average Bonchev–Trinajstić information content (AvgIpc) is 2.88. The molecule has 1 unspecified atom stereocenters. The molecule has 29 heavy (non-hydrogen) atoms. The lowest BCUT2D eigenvalue weighted by molar-refractivity contribution is -0.117. The first kappa shape index (κ1) is 19.3. The average molecular weight is 407 g/mol. The van der Waals surface area contributed by atoms with Gasteiger partial charge in [0.2, 0.25) is 11.8 Å². The van der Waals surface area contributed by atoms with Crippen LogP contribution in [-0.2, 0) is 17.6 Å². The van der Waals surface area contributed by atoms with Crippen molar-refractivity contribution in [3.05, 3.63) is 76.1 Å². The van der Waals surface area contributed by atoms with Gasteiger partial charge in [0.05, 0.1) is 22.7 Å². The van der Waals surface area contributed by atoms with Crippen LogP contribution in [0, 0.1) is 0 Å². The van der Waals surface area contributed by atoms with Gasteiger partial charge in [-0.1, -0.05) is 55.1 Å². The molecule has 4 rings (SSSR count). The molecule has 1 amide bonds. The topological polar surface area (TPSA) is 86.3 Å². The summed E-state index contributed by atoms with van der Waals surface area (Å²) in [5.74, 6) is -0.436. The number of carbonyl (C=O) groups excluding carboxylic acids is 1. The van der Waals surface area contributed by atoms with Crippen LogP contribution in [-0.4, -0.2) is 26.2 Å². The van der Waals surface area contributed by atoms with Crippen molar-refractivity contribution in [2.45, 2.75) is 36.6 Å². The quantitative estimate of drug-likeness (QED) is 0.507. The summed E-state index contributed by atoms with van der Waals surface area (Å²) in [6.07, 6.45) is 2.27. The van der Waals surface area contributed by atoms with Crippen molar-refractivity contribution < 1.29 is 9.90 Å².